The summed E-state index contributed by atoms with van der Waals surface area (Å²) in [6.45, 7) is 2.29. The molecule has 0 aliphatic heterocycles. The monoisotopic (exact) mass is 433 g/mol. The van der Waals surface area contributed by atoms with E-state index in [9.17, 15) is 9.18 Å². The van der Waals surface area contributed by atoms with E-state index < -0.39 is 11.8 Å². The van der Waals surface area contributed by atoms with Gasteiger partial charge in [-0.1, -0.05) is 44.7 Å². The molecule has 0 amide bonds. The Balaban J connectivity index is 1.33. The number of hydrogen-bond donors (Lipinski definition) is 0. The van der Waals surface area contributed by atoms with Crippen LogP contribution in [-0.4, -0.2) is 5.97 Å². The summed E-state index contributed by atoms with van der Waals surface area (Å²) in [4.78, 5) is 12.5. The minimum atomic E-state index is -0.692. The largest absolute Gasteiger partial charge is 0.423 e. The number of fused-ring (bicyclic) bond motifs is 1. The lowest BCUT2D eigenvalue weighted by Gasteiger charge is -2.42. The van der Waals surface area contributed by atoms with Gasteiger partial charge in [0.05, 0.1) is 11.1 Å². The second kappa shape index (κ2) is 10.3. The zero-order valence-electron chi connectivity index (χ0n) is 18.9. The van der Waals surface area contributed by atoms with Crippen molar-refractivity contribution >= 4 is 5.97 Å². The smallest absolute Gasteiger partial charge is 0.343 e. The van der Waals surface area contributed by atoms with Crippen molar-refractivity contribution in [2.45, 2.75) is 70.6 Å². The van der Waals surface area contributed by atoms with E-state index >= 15 is 0 Å². The zero-order valence-corrected chi connectivity index (χ0v) is 18.9. The Hall–Kier alpha value is -2.67. The number of nitriles is 1. The molecular formula is C28H32FNO2. The molecule has 0 saturated heterocycles. The van der Waals surface area contributed by atoms with Gasteiger partial charge in [0.15, 0.2) is 0 Å². The number of ether oxygens (including phenoxy) is 1. The van der Waals surface area contributed by atoms with E-state index in [2.05, 4.69) is 6.92 Å². The molecule has 4 atom stereocenters. The number of carbonyl (C=O) groups is 1. The molecule has 0 spiro atoms. The lowest BCUT2D eigenvalue weighted by molar-refractivity contribution is 0.0734. The van der Waals surface area contributed by atoms with E-state index in [1.165, 1.54) is 75.5 Å². The number of carbonyl (C=O) groups excluding carboxylic acids is 1. The molecule has 4 rings (SSSR count). The van der Waals surface area contributed by atoms with E-state index in [1.54, 1.807) is 6.07 Å². The molecule has 2 saturated carbocycles. The molecule has 1 unspecified atom stereocenters. The predicted molar refractivity (Wildman–Crippen MR) is 123 cm³/mol. The highest BCUT2D eigenvalue weighted by atomic mass is 19.1. The van der Waals surface area contributed by atoms with Crippen molar-refractivity contribution in [1.29, 1.82) is 5.26 Å². The first-order valence-corrected chi connectivity index (χ1v) is 12.1. The van der Waals surface area contributed by atoms with Crippen LogP contribution in [0.4, 0.5) is 4.39 Å². The zero-order chi connectivity index (χ0) is 22.5. The molecule has 0 aromatic heterocycles. The van der Waals surface area contributed by atoms with Crippen LogP contribution in [0.15, 0.2) is 42.5 Å². The lowest BCUT2D eigenvalue weighted by Crippen LogP contribution is -2.30. The number of rotatable bonds is 6. The number of halogens is 1. The fourth-order valence-electron chi connectivity index (χ4n) is 5.75. The Morgan fingerprint density at radius 3 is 2.53 bits per heavy atom. The molecule has 2 fully saturated rings. The van der Waals surface area contributed by atoms with E-state index in [1.807, 2.05) is 24.3 Å². The van der Waals surface area contributed by atoms with Gasteiger partial charge >= 0.3 is 5.97 Å². The molecule has 2 aromatic carbocycles. The van der Waals surface area contributed by atoms with Crippen LogP contribution in [0.3, 0.4) is 0 Å². The summed E-state index contributed by atoms with van der Waals surface area (Å²) in [5.41, 5.74) is 1.68. The van der Waals surface area contributed by atoms with Crippen molar-refractivity contribution in [2.75, 3.05) is 0 Å². The van der Waals surface area contributed by atoms with Gasteiger partial charge in [-0.2, -0.15) is 5.26 Å². The molecule has 3 nitrogen and oxygen atoms in total. The average molecular weight is 434 g/mol. The fourth-order valence-corrected chi connectivity index (χ4v) is 5.75. The molecule has 0 radical (unpaired) electrons. The van der Waals surface area contributed by atoms with Gasteiger partial charge in [-0.3, -0.25) is 0 Å². The van der Waals surface area contributed by atoms with E-state index in [0.29, 0.717) is 11.5 Å². The Labute approximate surface area is 190 Å². The normalized spacial score (nSPS) is 24.9. The Bertz CT molecular complexity index is 978. The third kappa shape index (κ3) is 5.21. The molecule has 4 heteroatoms. The topological polar surface area (TPSA) is 50.1 Å². The first kappa shape index (κ1) is 22.5. The summed E-state index contributed by atoms with van der Waals surface area (Å²) in [5, 5.41) is 8.81. The number of hydrogen-bond acceptors (Lipinski definition) is 3. The summed E-state index contributed by atoms with van der Waals surface area (Å²) in [6, 6.07) is 13.3. The van der Waals surface area contributed by atoms with Crippen molar-refractivity contribution in [2.24, 2.45) is 17.8 Å². The second-order valence-corrected chi connectivity index (χ2v) is 9.62. The Kier molecular flexibility index (Phi) is 7.25. The highest BCUT2D eigenvalue weighted by molar-refractivity contribution is 5.91. The van der Waals surface area contributed by atoms with Gasteiger partial charge in [-0.25, -0.2) is 9.18 Å². The molecule has 2 aliphatic rings. The van der Waals surface area contributed by atoms with Gasteiger partial charge in [-0.15, -0.1) is 0 Å². The summed E-state index contributed by atoms with van der Waals surface area (Å²) < 4.78 is 19.0. The van der Waals surface area contributed by atoms with Gasteiger partial charge in [0.1, 0.15) is 17.6 Å². The van der Waals surface area contributed by atoms with Crippen molar-refractivity contribution in [3.8, 4) is 11.8 Å². The predicted octanol–water partition coefficient (Wildman–Crippen LogP) is 7.41. The first-order chi connectivity index (χ1) is 15.6. The van der Waals surface area contributed by atoms with Crippen LogP contribution >= 0.6 is 0 Å². The highest BCUT2D eigenvalue weighted by Gasteiger charge is 2.35. The SMILES string of the molecule is CCCC[C@H]1CC[C@@H]2CC(c3ccc(C(=O)Oc4ccc(C#N)c(F)c4)cc3)CC[C@H]2C1. The fraction of sp³-hybridized carbons (Fsp3) is 0.500. The van der Waals surface area contributed by atoms with Gasteiger partial charge in [-0.05, 0) is 85.6 Å². The first-order valence-electron chi connectivity index (χ1n) is 12.1. The van der Waals surface area contributed by atoms with Crippen LogP contribution in [0, 0.1) is 34.9 Å². The maximum Gasteiger partial charge on any atom is 0.343 e. The number of nitrogens with zero attached hydrogens (tertiary/aromatic N) is 1. The van der Waals surface area contributed by atoms with Crippen LogP contribution in [-0.2, 0) is 0 Å². The molecule has 0 heterocycles. The molecule has 168 valence electrons. The minimum absolute atomic E-state index is 0.0710. The maximum absolute atomic E-state index is 13.7. The number of benzene rings is 2. The number of esters is 1. The third-order valence-corrected chi connectivity index (χ3v) is 7.58. The molecule has 0 N–H and O–H groups in total. The Morgan fingerprint density at radius 1 is 1.06 bits per heavy atom. The third-order valence-electron chi connectivity index (χ3n) is 7.58. The van der Waals surface area contributed by atoms with Crippen LogP contribution < -0.4 is 4.74 Å². The van der Waals surface area contributed by atoms with Crippen LogP contribution in [0.2, 0.25) is 0 Å². The highest BCUT2D eigenvalue weighted by Crippen LogP contribution is 2.48. The molecule has 2 aromatic rings. The average Bonchev–Trinajstić information content (AvgIpc) is 2.82. The van der Waals surface area contributed by atoms with Gasteiger partial charge in [0.25, 0.3) is 0 Å². The quantitative estimate of drug-likeness (QED) is 0.352. The summed E-state index contributed by atoms with van der Waals surface area (Å²) >= 11 is 0. The molecular weight excluding hydrogens is 401 g/mol. The van der Waals surface area contributed by atoms with Gasteiger partial charge in [0, 0.05) is 6.07 Å². The van der Waals surface area contributed by atoms with E-state index in [4.69, 9.17) is 10.00 Å². The molecule has 0 bridgehead atoms. The standard InChI is InChI=1S/C28H32FNO2/c1-2-3-4-19-5-6-24-16-23(12-11-22(24)15-19)20-7-9-21(10-8-20)28(31)32-26-14-13-25(18-30)27(29)17-26/h7-10,13-14,17,19,22-24H,2-6,11-12,15-16H2,1H3/t19-,22-,23?,24+/m0/s1. The minimum Gasteiger partial charge on any atom is -0.423 e. The van der Waals surface area contributed by atoms with Crippen molar-refractivity contribution < 1.29 is 13.9 Å². The maximum atomic E-state index is 13.7. The lowest BCUT2D eigenvalue weighted by atomic mass is 9.63. The number of unbranched alkanes of at least 4 members (excludes halogenated alkanes) is 1. The van der Waals surface area contributed by atoms with E-state index in [-0.39, 0.29) is 11.3 Å². The van der Waals surface area contributed by atoms with Crippen LogP contribution in [0.5, 0.6) is 5.75 Å². The van der Waals surface area contributed by atoms with Gasteiger partial charge in [0.2, 0.25) is 0 Å². The van der Waals surface area contributed by atoms with Crippen molar-refractivity contribution in [3.05, 3.63) is 65.0 Å². The van der Waals surface area contributed by atoms with Crippen LogP contribution in [0.25, 0.3) is 0 Å². The summed E-state index contributed by atoms with van der Waals surface area (Å²) in [5.74, 6) is 2.16. The van der Waals surface area contributed by atoms with Gasteiger partial charge < -0.3 is 4.74 Å². The van der Waals surface area contributed by atoms with Crippen LogP contribution in [0.1, 0.15) is 92.1 Å². The molecule has 2 aliphatic carbocycles. The van der Waals surface area contributed by atoms with Crippen molar-refractivity contribution in [3.63, 3.8) is 0 Å². The Morgan fingerprint density at radius 2 is 1.81 bits per heavy atom. The van der Waals surface area contributed by atoms with Crippen molar-refractivity contribution in [1.82, 2.24) is 0 Å². The summed E-state index contributed by atoms with van der Waals surface area (Å²) in [6.07, 6.45) is 12.1. The second-order valence-electron chi connectivity index (χ2n) is 9.62. The van der Waals surface area contributed by atoms with E-state index in [0.717, 1.165) is 23.8 Å². The molecule has 32 heavy (non-hydrogen) atoms. The summed E-state index contributed by atoms with van der Waals surface area (Å²) in [7, 11) is 0.